The lowest BCUT2D eigenvalue weighted by atomic mass is 10.0. The van der Waals surface area contributed by atoms with Crippen LogP contribution in [0.15, 0.2) is 70.7 Å². The third-order valence-corrected chi connectivity index (χ3v) is 8.73. The Bertz CT molecular complexity index is 1360. The topological polar surface area (TPSA) is 96.4 Å². The van der Waals surface area contributed by atoms with Gasteiger partial charge in [0.05, 0.1) is 35.3 Å². The number of aromatic nitrogens is 1. The maximum Gasteiger partial charge on any atom is 0.268 e. The molecular weight excluding hydrogens is 476 g/mol. The molecule has 0 spiro atoms. The molecule has 2 N–H and O–H groups in total. The summed E-state index contributed by atoms with van der Waals surface area (Å²) in [5, 5.41) is 0. The second kappa shape index (κ2) is 9.61. The number of nitrogens with zero attached hydrogens (tertiary/aromatic N) is 5. The number of anilines is 3. The van der Waals surface area contributed by atoms with E-state index in [1.807, 2.05) is 17.0 Å². The van der Waals surface area contributed by atoms with Gasteiger partial charge in [-0.25, -0.2) is 12.4 Å². The monoisotopic (exact) mass is 508 g/mol. The molecule has 0 saturated carbocycles. The Labute approximate surface area is 212 Å². The van der Waals surface area contributed by atoms with Crippen LogP contribution in [0.1, 0.15) is 18.5 Å². The number of hydrogen-bond acceptors (Lipinski definition) is 8. The number of benzene rings is 2. The molecule has 2 aromatic carbocycles. The number of ether oxygens (including phenoxy) is 1. The fourth-order valence-electron chi connectivity index (χ4n) is 4.99. The Morgan fingerprint density at radius 2 is 1.75 bits per heavy atom. The van der Waals surface area contributed by atoms with Gasteiger partial charge >= 0.3 is 0 Å². The predicted molar refractivity (Wildman–Crippen MR) is 143 cm³/mol. The van der Waals surface area contributed by atoms with E-state index in [2.05, 4.69) is 35.0 Å². The molecule has 10 heteroatoms. The molecule has 3 heterocycles. The first kappa shape index (κ1) is 24.4. The summed E-state index contributed by atoms with van der Waals surface area (Å²) in [6, 6.07) is 16.8. The van der Waals surface area contributed by atoms with Crippen molar-refractivity contribution in [1.29, 1.82) is 0 Å². The van der Waals surface area contributed by atoms with Crippen molar-refractivity contribution in [2.75, 3.05) is 44.1 Å². The summed E-state index contributed by atoms with van der Waals surface area (Å²) in [4.78, 5) is 11.1. The minimum atomic E-state index is -3.79. The Morgan fingerprint density at radius 3 is 2.42 bits per heavy atom. The van der Waals surface area contributed by atoms with Crippen molar-refractivity contribution in [3.63, 3.8) is 0 Å². The highest BCUT2D eigenvalue weighted by molar-refractivity contribution is 7.90. The quantitative estimate of drug-likeness (QED) is 0.547. The molecule has 2 aliphatic rings. The fraction of sp³-hybridized carbons (Fsp3) is 0.346. The first-order chi connectivity index (χ1) is 17.3. The first-order valence-electron chi connectivity index (χ1n) is 12.0. The molecule has 9 nitrogen and oxygen atoms in total. The minimum absolute atomic E-state index is 0.207. The summed E-state index contributed by atoms with van der Waals surface area (Å²) in [6.07, 6.45) is 4.56. The molecule has 1 unspecified atom stereocenters. The summed E-state index contributed by atoms with van der Waals surface area (Å²) in [7, 11) is 2.11. The number of methoxy groups -OCH3 is 1. The molecule has 0 bridgehead atoms. The lowest BCUT2D eigenvalue weighted by Gasteiger charge is -2.37. The molecule has 2 aliphatic heterocycles. The van der Waals surface area contributed by atoms with Crippen molar-refractivity contribution in [1.82, 2.24) is 8.87 Å². The second-order valence-electron chi connectivity index (χ2n) is 9.30. The van der Waals surface area contributed by atoms with E-state index in [-0.39, 0.29) is 4.90 Å². The molecule has 1 aromatic heterocycles. The van der Waals surface area contributed by atoms with Gasteiger partial charge in [0.2, 0.25) is 0 Å². The fourth-order valence-corrected chi connectivity index (χ4v) is 6.34. The molecule has 3 aromatic rings. The molecule has 5 rings (SSSR count). The molecule has 36 heavy (non-hydrogen) atoms. The number of fused-ring (bicyclic) bond motifs is 1. The minimum Gasteiger partial charge on any atom is -0.494 e. The highest BCUT2D eigenvalue weighted by atomic mass is 32.2. The Kier molecular flexibility index (Phi) is 6.50. The highest BCUT2D eigenvalue weighted by Crippen LogP contribution is 2.41. The third kappa shape index (κ3) is 4.25. The van der Waals surface area contributed by atoms with Crippen LogP contribution < -0.4 is 20.3 Å². The normalized spacial score (nSPS) is 18.5. The summed E-state index contributed by atoms with van der Waals surface area (Å²) < 4.78 is 33.7. The molecule has 0 amide bonds. The second-order valence-corrected chi connectivity index (χ2v) is 11.1. The average Bonchev–Trinajstić information content (AvgIpc) is 3.34. The van der Waals surface area contributed by atoms with Gasteiger partial charge in [0.1, 0.15) is 5.75 Å². The molecule has 0 radical (unpaired) electrons. The van der Waals surface area contributed by atoms with Crippen molar-refractivity contribution in [3.8, 4) is 5.75 Å². The average molecular weight is 509 g/mol. The van der Waals surface area contributed by atoms with Gasteiger partial charge in [-0.3, -0.25) is 10.7 Å². The van der Waals surface area contributed by atoms with Crippen molar-refractivity contribution >= 4 is 33.3 Å². The van der Waals surface area contributed by atoms with Gasteiger partial charge < -0.3 is 19.4 Å². The Balaban J connectivity index is 1.48. The lowest BCUT2D eigenvalue weighted by Crippen LogP contribution is -2.42. The first-order valence-corrected chi connectivity index (χ1v) is 13.4. The SMILES string of the molecule is COc1cc(N2CCC(N(C)C)CC2)ccc1N1c2ccn(S(=O)(=O)c3ccccc3)c2C=NC1N. The maximum absolute atomic E-state index is 13.3. The van der Waals surface area contributed by atoms with Crippen LogP contribution in [-0.2, 0) is 10.0 Å². The van der Waals surface area contributed by atoms with Crippen LogP contribution in [0.25, 0.3) is 0 Å². The van der Waals surface area contributed by atoms with Gasteiger partial charge in [-0.1, -0.05) is 18.2 Å². The van der Waals surface area contributed by atoms with Crippen molar-refractivity contribution in [2.24, 2.45) is 10.7 Å². The van der Waals surface area contributed by atoms with Gasteiger partial charge in [-0.05, 0) is 57.3 Å². The number of piperidine rings is 1. The van der Waals surface area contributed by atoms with E-state index in [0.29, 0.717) is 23.2 Å². The van der Waals surface area contributed by atoms with E-state index < -0.39 is 16.3 Å². The summed E-state index contributed by atoms with van der Waals surface area (Å²) >= 11 is 0. The molecule has 1 fully saturated rings. The van der Waals surface area contributed by atoms with Gasteiger partial charge in [0.15, 0.2) is 6.29 Å². The molecule has 190 valence electrons. The number of nitrogens with two attached hydrogens (primary N) is 1. The maximum atomic E-state index is 13.3. The summed E-state index contributed by atoms with van der Waals surface area (Å²) in [5.41, 5.74) is 9.31. The van der Waals surface area contributed by atoms with E-state index in [1.54, 1.807) is 49.7 Å². The van der Waals surface area contributed by atoms with Gasteiger partial charge in [-0.2, -0.15) is 0 Å². The summed E-state index contributed by atoms with van der Waals surface area (Å²) in [6.45, 7) is 1.95. The van der Waals surface area contributed by atoms with Gasteiger partial charge in [0.25, 0.3) is 10.0 Å². The van der Waals surface area contributed by atoms with Crippen LogP contribution in [0.2, 0.25) is 0 Å². The van der Waals surface area contributed by atoms with Gasteiger partial charge in [-0.15, -0.1) is 0 Å². The molecular formula is C26H32N6O3S. The number of rotatable bonds is 6. The molecule has 0 aliphatic carbocycles. The zero-order valence-corrected chi connectivity index (χ0v) is 21.6. The Hall–Kier alpha value is -3.34. The van der Waals surface area contributed by atoms with Crippen LogP contribution in [-0.4, -0.2) is 70.1 Å². The standard InChI is InChI=1S/C26H32N6O3S/c1-29(2)19-11-14-30(15-12-19)20-9-10-23(25(17-20)35-3)32-22-13-16-31(24(22)18-28-26(32)27)36(33,34)21-7-5-4-6-8-21/h4-10,13,16-19,26H,11-12,14-15,27H2,1-3H3. The van der Waals surface area contributed by atoms with E-state index in [9.17, 15) is 8.42 Å². The van der Waals surface area contributed by atoms with Crippen molar-refractivity contribution in [2.45, 2.75) is 30.1 Å². The Morgan fingerprint density at radius 1 is 1.03 bits per heavy atom. The number of aliphatic imine (C=N–C) groups is 1. The largest absolute Gasteiger partial charge is 0.494 e. The van der Waals surface area contributed by atoms with E-state index in [0.717, 1.165) is 37.3 Å². The number of hydrogen-bond donors (Lipinski definition) is 1. The molecule has 1 saturated heterocycles. The zero-order chi connectivity index (χ0) is 25.4. The van der Waals surface area contributed by atoms with Crippen LogP contribution in [0, 0.1) is 0 Å². The summed E-state index contributed by atoms with van der Waals surface area (Å²) in [5.74, 6) is 0.652. The van der Waals surface area contributed by atoms with Crippen molar-refractivity contribution in [3.05, 3.63) is 66.5 Å². The smallest absolute Gasteiger partial charge is 0.268 e. The van der Waals surface area contributed by atoms with Crippen LogP contribution in [0.3, 0.4) is 0 Å². The van der Waals surface area contributed by atoms with E-state index >= 15 is 0 Å². The van der Waals surface area contributed by atoms with Crippen LogP contribution in [0.4, 0.5) is 17.1 Å². The van der Waals surface area contributed by atoms with Crippen LogP contribution in [0.5, 0.6) is 5.75 Å². The van der Waals surface area contributed by atoms with E-state index in [4.69, 9.17) is 10.5 Å². The van der Waals surface area contributed by atoms with E-state index in [1.165, 1.54) is 10.2 Å². The van der Waals surface area contributed by atoms with Crippen molar-refractivity contribution < 1.29 is 13.2 Å². The molecule has 1 atom stereocenters. The van der Waals surface area contributed by atoms with Gasteiger partial charge in [0, 0.05) is 37.1 Å². The lowest BCUT2D eigenvalue weighted by molar-refractivity contribution is 0.249. The predicted octanol–water partition coefficient (Wildman–Crippen LogP) is 3.08. The zero-order valence-electron chi connectivity index (χ0n) is 20.8. The third-order valence-electron chi connectivity index (χ3n) is 7.02. The van der Waals surface area contributed by atoms with Crippen LogP contribution >= 0.6 is 0 Å². The highest BCUT2D eigenvalue weighted by Gasteiger charge is 2.31.